The molecule has 2 N–H and O–H groups in total. The molecular formula is C10H8N2O6. The van der Waals surface area contributed by atoms with E-state index in [2.05, 4.69) is 0 Å². The molecule has 0 atom stereocenters. The quantitative estimate of drug-likeness (QED) is 0.591. The Hall–Kier alpha value is -2.51. The van der Waals surface area contributed by atoms with Gasteiger partial charge in [-0.25, -0.2) is 4.90 Å². The van der Waals surface area contributed by atoms with Gasteiger partial charge in [-0.1, -0.05) is 0 Å². The molecule has 0 spiro atoms. The van der Waals surface area contributed by atoms with E-state index < -0.39 is 41.7 Å². The number of rotatable bonds is 3. The smallest absolute Gasteiger partial charge is 0.308 e. The lowest BCUT2D eigenvalue weighted by Gasteiger charge is -2.13. The highest BCUT2D eigenvalue weighted by molar-refractivity contribution is 6.24. The van der Waals surface area contributed by atoms with Crippen molar-refractivity contribution in [2.75, 3.05) is 0 Å². The lowest BCUT2D eigenvalue weighted by atomic mass is 10.1. The number of imide groups is 2. The van der Waals surface area contributed by atoms with Crippen molar-refractivity contribution in [3.63, 3.8) is 0 Å². The van der Waals surface area contributed by atoms with Crippen LogP contribution in [-0.2, 0) is 24.0 Å². The number of amides is 4. The van der Waals surface area contributed by atoms with Crippen LogP contribution < -0.4 is 5.32 Å². The summed E-state index contributed by atoms with van der Waals surface area (Å²) >= 11 is 0. The molecule has 0 aromatic rings. The second kappa shape index (κ2) is 4.06. The minimum atomic E-state index is -1.33. The average Bonchev–Trinajstić information content (AvgIpc) is 2.70. The van der Waals surface area contributed by atoms with Crippen molar-refractivity contribution < 1.29 is 29.1 Å². The Morgan fingerprint density at radius 1 is 1.11 bits per heavy atom. The van der Waals surface area contributed by atoms with Crippen LogP contribution in [0, 0.1) is 0 Å². The van der Waals surface area contributed by atoms with E-state index in [0.29, 0.717) is 4.90 Å². The first-order chi connectivity index (χ1) is 8.41. The van der Waals surface area contributed by atoms with E-state index in [1.807, 2.05) is 5.32 Å². The molecule has 2 aliphatic rings. The summed E-state index contributed by atoms with van der Waals surface area (Å²) in [6.07, 6.45) is -0.821. The zero-order chi connectivity index (χ0) is 13.4. The van der Waals surface area contributed by atoms with Gasteiger partial charge in [0, 0.05) is 12.8 Å². The minimum Gasteiger partial charge on any atom is -0.481 e. The fourth-order valence-electron chi connectivity index (χ4n) is 1.86. The number of carboxylic acid groups (broad SMARTS) is 1. The Balaban J connectivity index is 2.48. The van der Waals surface area contributed by atoms with Gasteiger partial charge in [-0.15, -0.1) is 0 Å². The zero-order valence-corrected chi connectivity index (χ0v) is 9.06. The molecule has 2 aliphatic heterocycles. The molecule has 0 aromatic carbocycles. The van der Waals surface area contributed by atoms with Gasteiger partial charge in [0.25, 0.3) is 11.8 Å². The molecule has 18 heavy (non-hydrogen) atoms. The van der Waals surface area contributed by atoms with Gasteiger partial charge in [-0.2, -0.15) is 0 Å². The number of carbonyl (C=O) groups is 5. The molecule has 0 bridgehead atoms. The van der Waals surface area contributed by atoms with E-state index in [4.69, 9.17) is 5.11 Å². The molecular weight excluding hydrogens is 244 g/mol. The molecule has 4 amide bonds. The van der Waals surface area contributed by atoms with E-state index in [9.17, 15) is 24.0 Å². The largest absolute Gasteiger partial charge is 0.481 e. The Kier molecular flexibility index (Phi) is 2.70. The number of nitrogens with zero attached hydrogens (tertiary/aromatic N) is 1. The first kappa shape index (κ1) is 12.0. The monoisotopic (exact) mass is 252 g/mol. The van der Waals surface area contributed by atoms with Crippen LogP contribution >= 0.6 is 0 Å². The predicted octanol–water partition coefficient (Wildman–Crippen LogP) is -1.48. The van der Waals surface area contributed by atoms with Crippen LogP contribution in [0.15, 0.2) is 11.3 Å². The molecule has 0 aliphatic carbocycles. The second-order valence-electron chi connectivity index (χ2n) is 3.80. The van der Waals surface area contributed by atoms with Crippen molar-refractivity contribution in [2.45, 2.75) is 19.3 Å². The molecule has 1 fully saturated rings. The summed E-state index contributed by atoms with van der Waals surface area (Å²) in [5.41, 5.74) is -0.814. The van der Waals surface area contributed by atoms with Crippen LogP contribution in [0.25, 0.3) is 0 Å². The van der Waals surface area contributed by atoms with E-state index in [-0.39, 0.29) is 18.4 Å². The van der Waals surface area contributed by atoms with Crippen molar-refractivity contribution in [3.8, 4) is 0 Å². The average molecular weight is 252 g/mol. The topological polar surface area (TPSA) is 121 Å². The predicted molar refractivity (Wildman–Crippen MR) is 53.5 cm³/mol. The number of likely N-dealkylation sites (tertiary alicyclic amines) is 1. The van der Waals surface area contributed by atoms with Crippen LogP contribution in [-0.4, -0.2) is 39.6 Å². The maximum Gasteiger partial charge on any atom is 0.308 e. The van der Waals surface area contributed by atoms with Crippen LogP contribution in [0.4, 0.5) is 0 Å². The summed E-state index contributed by atoms with van der Waals surface area (Å²) in [5.74, 6) is -4.35. The van der Waals surface area contributed by atoms with Gasteiger partial charge in [-0.3, -0.25) is 29.3 Å². The van der Waals surface area contributed by atoms with Crippen molar-refractivity contribution in [3.05, 3.63) is 11.3 Å². The number of carboxylic acids is 1. The SMILES string of the molecule is O=C(O)CC1=C(N2C(=O)CCC2=O)C(=O)NC1=O. The highest BCUT2D eigenvalue weighted by Crippen LogP contribution is 2.25. The van der Waals surface area contributed by atoms with E-state index >= 15 is 0 Å². The van der Waals surface area contributed by atoms with Crippen LogP contribution in [0.5, 0.6) is 0 Å². The van der Waals surface area contributed by atoms with Crippen molar-refractivity contribution in [2.24, 2.45) is 0 Å². The Labute approximate surface area is 100 Å². The molecule has 94 valence electrons. The van der Waals surface area contributed by atoms with E-state index in [1.54, 1.807) is 0 Å². The third-order valence-corrected chi connectivity index (χ3v) is 2.61. The summed E-state index contributed by atoms with van der Waals surface area (Å²) in [5, 5.41) is 10.5. The molecule has 2 rings (SSSR count). The summed E-state index contributed by atoms with van der Waals surface area (Å²) < 4.78 is 0. The van der Waals surface area contributed by atoms with Gasteiger partial charge in [0.1, 0.15) is 5.70 Å². The number of hydrogen-bond donors (Lipinski definition) is 2. The number of hydrogen-bond acceptors (Lipinski definition) is 5. The summed E-state index contributed by atoms with van der Waals surface area (Å²) in [6.45, 7) is 0. The normalized spacial score (nSPS) is 19.9. The summed E-state index contributed by atoms with van der Waals surface area (Å²) in [7, 11) is 0. The number of aliphatic carboxylic acids is 1. The van der Waals surface area contributed by atoms with E-state index in [1.165, 1.54) is 0 Å². The second-order valence-corrected chi connectivity index (χ2v) is 3.80. The molecule has 8 heteroatoms. The standard InChI is InChI=1S/C10H8N2O6/c13-5-1-2-6(14)12(5)8-4(3-7(15)16)9(17)11-10(8)18/h1-3H2,(H,15,16)(H,11,17,18). The summed E-state index contributed by atoms with van der Waals surface area (Å²) in [6, 6.07) is 0. The van der Waals surface area contributed by atoms with Crippen molar-refractivity contribution >= 4 is 29.6 Å². The number of nitrogens with one attached hydrogen (secondary N) is 1. The molecule has 0 unspecified atom stereocenters. The third kappa shape index (κ3) is 1.77. The molecule has 0 aromatic heterocycles. The highest BCUT2D eigenvalue weighted by Gasteiger charge is 2.42. The zero-order valence-electron chi connectivity index (χ0n) is 9.06. The van der Waals surface area contributed by atoms with Gasteiger partial charge in [-0.05, 0) is 0 Å². The summed E-state index contributed by atoms with van der Waals surface area (Å²) in [4.78, 5) is 57.1. The van der Waals surface area contributed by atoms with E-state index in [0.717, 1.165) is 0 Å². The van der Waals surface area contributed by atoms with Crippen LogP contribution in [0.3, 0.4) is 0 Å². The first-order valence-corrected chi connectivity index (χ1v) is 5.08. The Bertz CT molecular complexity index is 516. The van der Waals surface area contributed by atoms with Gasteiger partial charge in [0.2, 0.25) is 11.8 Å². The maximum absolute atomic E-state index is 11.5. The van der Waals surface area contributed by atoms with Crippen LogP contribution in [0.1, 0.15) is 19.3 Å². The van der Waals surface area contributed by atoms with Gasteiger partial charge in [0.05, 0.1) is 12.0 Å². The Morgan fingerprint density at radius 3 is 2.17 bits per heavy atom. The molecule has 8 nitrogen and oxygen atoms in total. The molecule has 0 saturated carbocycles. The number of carbonyl (C=O) groups excluding carboxylic acids is 4. The molecule has 2 heterocycles. The first-order valence-electron chi connectivity index (χ1n) is 5.08. The highest BCUT2D eigenvalue weighted by atomic mass is 16.4. The lowest BCUT2D eigenvalue weighted by Crippen LogP contribution is -2.34. The fourth-order valence-corrected chi connectivity index (χ4v) is 1.86. The van der Waals surface area contributed by atoms with Crippen molar-refractivity contribution in [1.82, 2.24) is 10.2 Å². The van der Waals surface area contributed by atoms with Gasteiger partial charge < -0.3 is 5.11 Å². The maximum atomic E-state index is 11.5. The van der Waals surface area contributed by atoms with Crippen LogP contribution in [0.2, 0.25) is 0 Å². The van der Waals surface area contributed by atoms with Gasteiger partial charge in [0.15, 0.2) is 0 Å². The van der Waals surface area contributed by atoms with Gasteiger partial charge >= 0.3 is 5.97 Å². The minimum absolute atomic E-state index is 0.0514. The third-order valence-electron chi connectivity index (χ3n) is 2.61. The molecule has 0 radical (unpaired) electrons. The molecule has 1 saturated heterocycles. The lowest BCUT2D eigenvalue weighted by molar-refractivity contribution is -0.139. The van der Waals surface area contributed by atoms with Crippen molar-refractivity contribution in [1.29, 1.82) is 0 Å². The fraction of sp³-hybridized carbons (Fsp3) is 0.300. The Morgan fingerprint density at radius 2 is 1.67 bits per heavy atom.